The summed E-state index contributed by atoms with van der Waals surface area (Å²) in [6.45, 7) is 7.36. The summed E-state index contributed by atoms with van der Waals surface area (Å²) in [5, 5.41) is 10.1. The van der Waals surface area contributed by atoms with Gasteiger partial charge in [0.2, 0.25) is 5.95 Å². The molecule has 4 rings (SSSR count). The van der Waals surface area contributed by atoms with E-state index in [1.807, 2.05) is 24.5 Å². The monoisotopic (exact) mass is 397 g/mol. The lowest BCUT2D eigenvalue weighted by atomic mass is 9.92. The number of piperidine rings is 1. The summed E-state index contributed by atoms with van der Waals surface area (Å²) >= 11 is 1.75. The first-order valence-corrected chi connectivity index (χ1v) is 10.9. The highest BCUT2D eigenvalue weighted by Gasteiger charge is 2.27. The van der Waals surface area contributed by atoms with E-state index in [4.69, 9.17) is 4.42 Å². The highest BCUT2D eigenvalue weighted by molar-refractivity contribution is 7.99. The number of pyridine rings is 1. The van der Waals surface area contributed by atoms with Gasteiger partial charge in [0, 0.05) is 31.2 Å². The fraction of sp³-hybridized carbons (Fsp3) is 0.476. The Bertz CT molecular complexity index is 854. The molecule has 2 unspecified atom stereocenters. The first-order valence-electron chi connectivity index (χ1n) is 9.91. The van der Waals surface area contributed by atoms with E-state index >= 15 is 0 Å². The molecule has 1 fully saturated rings. The fourth-order valence-electron chi connectivity index (χ4n) is 3.95. The van der Waals surface area contributed by atoms with Crippen LogP contribution in [-0.2, 0) is 13.0 Å². The molecule has 0 spiro atoms. The SMILES string of the molecule is CC1CC(C)CN(c2nnc(SCCc3ccncc3)n2Cc2ccco2)C1. The van der Waals surface area contributed by atoms with Crippen molar-refractivity contribution >= 4 is 17.7 Å². The molecule has 0 amide bonds. The fourth-order valence-corrected chi connectivity index (χ4v) is 4.88. The van der Waals surface area contributed by atoms with Crippen molar-refractivity contribution in [3.8, 4) is 0 Å². The van der Waals surface area contributed by atoms with E-state index in [0.29, 0.717) is 18.4 Å². The molecular formula is C21H27N5OS. The van der Waals surface area contributed by atoms with Gasteiger partial charge in [-0.1, -0.05) is 25.6 Å². The van der Waals surface area contributed by atoms with Crippen molar-refractivity contribution < 1.29 is 4.42 Å². The van der Waals surface area contributed by atoms with Crippen LogP contribution in [0.25, 0.3) is 0 Å². The van der Waals surface area contributed by atoms with Crippen LogP contribution in [0.2, 0.25) is 0 Å². The Morgan fingerprint density at radius 3 is 2.61 bits per heavy atom. The van der Waals surface area contributed by atoms with Crippen LogP contribution in [0.5, 0.6) is 0 Å². The summed E-state index contributed by atoms with van der Waals surface area (Å²) < 4.78 is 7.82. The zero-order valence-electron chi connectivity index (χ0n) is 16.5. The molecule has 3 aromatic heterocycles. The van der Waals surface area contributed by atoms with Crippen molar-refractivity contribution in [1.82, 2.24) is 19.7 Å². The molecule has 0 aliphatic carbocycles. The van der Waals surface area contributed by atoms with Crippen LogP contribution in [-0.4, -0.2) is 38.6 Å². The molecule has 7 heteroatoms. The lowest BCUT2D eigenvalue weighted by molar-refractivity contribution is 0.350. The summed E-state index contributed by atoms with van der Waals surface area (Å²) in [7, 11) is 0. The number of hydrogen-bond acceptors (Lipinski definition) is 6. The first kappa shape index (κ1) is 19.1. The van der Waals surface area contributed by atoms with Gasteiger partial charge in [-0.05, 0) is 54.5 Å². The molecule has 0 saturated carbocycles. The standard InChI is InChI=1S/C21H27N5OS/c1-16-12-17(2)14-25(13-16)20-23-24-21(26(20)15-19-4-3-10-27-19)28-11-7-18-5-8-22-9-6-18/h3-6,8-10,16-17H,7,11-15H2,1-2H3. The Hall–Kier alpha value is -2.28. The van der Waals surface area contributed by atoms with Crippen molar-refractivity contribution in [1.29, 1.82) is 0 Å². The predicted octanol–water partition coefficient (Wildman–Crippen LogP) is 4.13. The molecule has 1 aliphatic rings. The molecule has 0 bridgehead atoms. The van der Waals surface area contributed by atoms with Crippen molar-refractivity contribution in [2.75, 3.05) is 23.7 Å². The topological polar surface area (TPSA) is 60.0 Å². The zero-order chi connectivity index (χ0) is 19.3. The summed E-state index contributed by atoms with van der Waals surface area (Å²) in [6, 6.07) is 8.07. The molecule has 148 valence electrons. The van der Waals surface area contributed by atoms with E-state index in [9.17, 15) is 0 Å². The third-order valence-electron chi connectivity index (χ3n) is 5.11. The lowest BCUT2D eigenvalue weighted by Crippen LogP contribution is -2.40. The number of aryl methyl sites for hydroxylation is 1. The molecule has 4 heterocycles. The number of anilines is 1. The summed E-state index contributed by atoms with van der Waals surface area (Å²) in [5.74, 6) is 4.17. The van der Waals surface area contributed by atoms with Gasteiger partial charge in [-0.15, -0.1) is 10.2 Å². The maximum absolute atomic E-state index is 5.61. The van der Waals surface area contributed by atoms with Crippen LogP contribution in [0, 0.1) is 11.8 Å². The summed E-state index contributed by atoms with van der Waals surface area (Å²) in [4.78, 5) is 6.48. The summed E-state index contributed by atoms with van der Waals surface area (Å²) in [5.41, 5.74) is 1.29. The van der Waals surface area contributed by atoms with Crippen molar-refractivity contribution in [2.45, 2.75) is 38.4 Å². The van der Waals surface area contributed by atoms with Gasteiger partial charge in [-0.3, -0.25) is 9.55 Å². The Labute approximate surface area is 170 Å². The number of nitrogens with zero attached hydrogens (tertiary/aromatic N) is 5. The van der Waals surface area contributed by atoms with Crippen LogP contribution >= 0.6 is 11.8 Å². The normalized spacial score (nSPS) is 19.9. The molecule has 6 nitrogen and oxygen atoms in total. The van der Waals surface area contributed by atoms with E-state index in [1.54, 1.807) is 18.0 Å². The molecule has 2 atom stereocenters. The summed E-state index contributed by atoms with van der Waals surface area (Å²) in [6.07, 6.45) is 7.66. The quantitative estimate of drug-likeness (QED) is 0.559. The van der Waals surface area contributed by atoms with Gasteiger partial charge in [0.15, 0.2) is 5.16 Å². The second-order valence-electron chi connectivity index (χ2n) is 7.75. The second-order valence-corrected chi connectivity index (χ2v) is 8.82. The van der Waals surface area contributed by atoms with E-state index in [-0.39, 0.29) is 0 Å². The molecule has 28 heavy (non-hydrogen) atoms. The van der Waals surface area contributed by atoms with Gasteiger partial charge in [-0.2, -0.15) is 0 Å². The number of thioether (sulfide) groups is 1. The van der Waals surface area contributed by atoms with Gasteiger partial charge in [-0.25, -0.2) is 0 Å². The van der Waals surface area contributed by atoms with Gasteiger partial charge in [0.05, 0.1) is 12.8 Å². The van der Waals surface area contributed by atoms with Gasteiger partial charge < -0.3 is 9.32 Å². The number of rotatable bonds is 7. The van der Waals surface area contributed by atoms with Crippen LogP contribution in [0.4, 0.5) is 5.95 Å². The number of furan rings is 1. The van der Waals surface area contributed by atoms with E-state index in [0.717, 1.165) is 42.1 Å². The molecule has 1 aliphatic heterocycles. The van der Waals surface area contributed by atoms with E-state index in [1.165, 1.54) is 12.0 Å². The number of hydrogen-bond donors (Lipinski definition) is 0. The van der Waals surface area contributed by atoms with Gasteiger partial charge in [0.1, 0.15) is 5.76 Å². The largest absolute Gasteiger partial charge is 0.467 e. The first-order chi connectivity index (χ1) is 13.7. The average molecular weight is 398 g/mol. The average Bonchev–Trinajstić information content (AvgIpc) is 3.33. The Kier molecular flexibility index (Phi) is 6.00. The maximum atomic E-state index is 5.61. The molecule has 3 aromatic rings. The lowest BCUT2D eigenvalue weighted by Gasteiger charge is -2.35. The Morgan fingerprint density at radius 2 is 1.89 bits per heavy atom. The molecule has 0 N–H and O–H groups in total. The van der Waals surface area contributed by atoms with E-state index in [2.05, 4.69) is 50.6 Å². The van der Waals surface area contributed by atoms with Crippen molar-refractivity contribution in [3.63, 3.8) is 0 Å². The molecule has 0 radical (unpaired) electrons. The highest BCUT2D eigenvalue weighted by atomic mass is 32.2. The Balaban J connectivity index is 1.52. The molecular weight excluding hydrogens is 370 g/mol. The smallest absolute Gasteiger partial charge is 0.228 e. The zero-order valence-corrected chi connectivity index (χ0v) is 17.3. The predicted molar refractivity (Wildman–Crippen MR) is 112 cm³/mol. The van der Waals surface area contributed by atoms with Gasteiger partial charge >= 0.3 is 0 Å². The van der Waals surface area contributed by atoms with Crippen molar-refractivity contribution in [2.24, 2.45) is 11.8 Å². The maximum Gasteiger partial charge on any atom is 0.228 e. The van der Waals surface area contributed by atoms with Crippen molar-refractivity contribution in [3.05, 3.63) is 54.2 Å². The van der Waals surface area contributed by atoms with Crippen LogP contribution < -0.4 is 4.90 Å². The minimum absolute atomic E-state index is 0.659. The third-order valence-corrected chi connectivity index (χ3v) is 6.08. The van der Waals surface area contributed by atoms with Crippen LogP contribution in [0.15, 0.2) is 52.5 Å². The number of aromatic nitrogens is 4. The minimum Gasteiger partial charge on any atom is -0.467 e. The van der Waals surface area contributed by atoms with Crippen LogP contribution in [0.1, 0.15) is 31.6 Å². The Morgan fingerprint density at radius 1 is 1.11 bits per heavy atom. The van der Waals surface area contributed by atoms with Gasteiger partial charge in [0.25, 0.3) is 0 Å². The minimum atomic E-state index is 0.659. The van der Waals surface area contributed by atoms with E-state index < -0.39 is 0 Å². The van der Waals surface area contributed by atoms with Crippen LogP contribution in [0.3, 0.4) is 0 Å². The highest BCUT2D eigenvalue weighted by Crippen LogP contribution is 2.29. The second kappa shape index (κ2) is 8.82. The third kappa shape index (κ3) is 4.58. The molecule has 1 saturated heterocycles. The molecule has 0 aromatic carbocycles.